The molecular weight excluding hydrogens is 556 g/mol. The van der Waals surface area contributed by atoms with E-state index in [-0.39, 0.29) is 12.0 Å². The predicted octanol–water partition coefficient (Wildman–Crippen LogP) is 3.71. The van der Waals surface area contributed by atoms with Crippen molar-refractivity contribution in [2.24, 2.45) is 0 Å². The maximum absolute atomic E-state index is 12.5. The summed E-state index contributed by atoms with van der Waals surface area (Å²) >= 11 is 0. The SMILES string of the molecule is COc1c(-c2ccc3cc(NS(C)(=O)=O)ccc3c2)cc(-n2ccc(=O)[nH]c2=O)cc1C(C)(C)C.C[N+](C)(C)CCO. The number of fused-ring (bicyclic) bond motifs is 1. The van der Waals surface area contributed by atoms with Crippen molar-refractivity contribution >= 4 is 26.5 Å². The molecule has 0 fully saturated rings. The average Bonchev–Trinajstić information content (AvgIpc) is 2.86. The number of likely N-dealkylation sites (N-methyl/N-ethyl adjacent to an activating group) is 1. The van der Waals surface area contributed by atoms with Gasteiger partial charge in [0.2, 0.25) is 10.0 Å². The minimum absolute atomic E-state index is 0.281. The number of quaternary nitrogens is 1. The number of hydrogen-bond acceptors (Lipinski definition) is 6. The summed E-state index contributed by atoms with van der Waals surface area (Å²) in [4.78, 5) is 26.4. The second kappa shape index (κ2) is 12.5. The van der Waals surface area contributed by atoms with Gasteiger partial charge >= 0.3 is 5.69 Å². The Kier molecular flexibility index (Phi) is 9.71. The van der Waals surface area contributed by atoms with Gasteiger partial charge in [-0.25, -0.2) is 13.2 Å². The number of benzene rings is 3. The summed E-state index contributed by atoms with van der Waals surface area (Å²) in [7, 11) is 4.39. The van der Waals surface area contributed by atoms with Gasteiger partial charge in [-0.2, -0.15) is 0 Å². The standard InChI is InChI=1S/C26H27N3O5S.C5H14NO/c1-26(2,3)22-15-20(29-11-10-23(30)27-25(29)31)14-21(24(22)34-4)18-7-6-17-13-19(28-35(5,32)33)9-8-16(17)12-18;1-6(2,3)4-5-7/h6-15,28H,1-5H3,(H,27,30,31);7H,4-5H2,1-3H3/q;+1. The number of H-pyrrole nitrogens is 1. The van der Waals surface area contributed by atoms with Gasteiger partial charge < -0.3 is 14.3 Å². The number of ether oxygens (including phenoxy) is 1. The van der Waals surface area contributed by atoms with E-state index in [1.54, 1.807) is 19.2 Å². The van der Waals surface area contributed by atoms with Crippen LogP contribution >= 0.6 is 0 Å². The quantitative estimate of drug-likeness (QED) is 0.279. The Bertz CT molecular complexity index is 1800. The van der Waals surface area contributed by atoms with Crippen molar-refractivity contribution in [3.63, 3.8) is 0 Å². The Labute approximate surface area is 246 Å². The minimum atomic E-state index is -3.38. The third-order valence-electron chi connectivity index (χ3n) is 6.41. The fourth-order valence-corrected chi connectivity index (χ4v) is 4.91. The van der Waals surface area contributed by atoms with Gasteiger partial charge in [-0.15, -0.1) is 0 Å². The van der Waals surface area contributed by atoms with E-state index in [0.717, 1.165) is 44.7 Å². The number of rotatable bonds is 7. The second-order valence-electron chi connectivity index (χ2n) is 12.2. The highest BCUT2D eigenvalue weighted by Crippen LogP contribution is 2.41. The summed E-state index contributed by atoms with van der Waals surface area (Å²) in [6.45, 7) is 7.30. The molecule has 226 valence electrons. The van der Waals surface area contributed by atoms with Crippen molar-refractivity contribution in [2.45, 2.75) is 26.2 Å². The molecule has 3 aromatic carbocycles. The number of aromatic amines is 1. The number of aromatic nitrogens is 2. The molecule has 0 aliphatic rings. The third kappa shape index (κ3) is 8.54. The molecular formula is C31H41N4O6S+. The lowest BCUT2D eigenvalue weighted by molar-refractivity contribution is -0.870. The molecule has 0 amide bonds. The van der Waals surface area contributed by atoms with Crippen molar-refractivity contribution in [3.8, 4) is 22.6 Å². The molecule has 11 heteroatoms. The normalized spacial score (nSPS) is 12.0. The molecule has 10 nitrogen and oxygen atoms in total. The molecule has 3 N–H and O–H groups in total. The number of nitrogens with one attached hydrogen (secondary N) is 2. The van der Waals surface area contributed by atoms with Gasteiger partial charge in [0.05, 0.1) is 46.8 Å². The minimum Gasteiger partial charge on any atom is -0.496 e. The molecule has 4 aromatic rings. The summed E-state index contributed by atoms with van der Waals surface area (Å²) < 4.78 is 33.8. The lowest BCUT2D eigenvalue weighted by atomic mass is 9.83. The van der Waals surface area contributed by atoms with Gasteiger partial charge in [-0.1, -0.05) is 39.0 Å². The fourth-order valence-electron chi connectivity index (χ4n) is 4.36. The van der Waals surface area contributed by atoms with E-state index in [4.69, 9.17) is 9.84 Å². The van der Waals surface area contributed by atoms with Gasteiger partial charge in [0, 0.05) is 29.1 Å². The lowest BCUT2D eigenvalue weighted by Gasteiger charge is -2.25. The Hall–Kier alpha value is -3.93. The number of anilines is 1. The molecule has 4 rings (SSSR count). The molecule has 0 aliphatic carbocycles. The first-order valence-electron chi connectivity index (χ1n) is 13.4. The van der Waals surface area contributed by atoms with Crippen LogP contribution in [0.15, 0.2) is 70.4 Å². The highest BCUT2D eigenvalue weighted by molar-refractivity contribution is 7.92. The largest absolute Gasteiger partial charge is 0.496 e. The Balaban J connectivity index is 0.000000616. The molecule has 0 radical (unpaired) electrons. The van der Waals surface area contributed by atoms with Crippen molar-refractivity contribution < 1.29 is 22.7 Å². The predicted molar refractivity (Wildman–Crippen MR) is 169 cm³/mol. The van der Waals surface area contributed by atoms with Crippen LogP contribution in [0.5, 0.6) is 5.75 Å². The summed E-state index contributed by atoms with van der Waals surface area (Å²) in [5.41, 5.74) is 2.34. The Morgan fingerprint density at radius 3 is 2.14 bits per heavy atom. The third-order valence-corrected chi connectivity index (χ3v) is 7.02. The van der Waals surface area contributed by atoms with E-state index in [0.29, 0.717) is 17.1 Å². The smallest absolute Gasteiger partial charge is 0.332 e. The molecule has 42 heavy (non-hydrogen) atoms. The summed E-state index contributed by atoms with van der Waals surface area (Å²) in [6, 6.07) is 16.2. The van der Waals surface area contributed by atoms with Crippen LogP contribution in [0.4, 0.5) is 5.69 Å². The highest BCUT2D eigenvalue weighted by Gasteiger charge is 2.24. The summed E-state index contributed by atoms with van der Waals surface area (Å²) in [5, 5.41) is 10.2. The number of aliphatic hydroxyl groups excluding tert-OH is 1. The maximum atomic E-state index is 12.5. The average molecular weight is 598 g/mol. The van der Waals surface area contributed by atoms with Crippen LogP contribution in [0.25, 0.3) is 27.6 Å². The molecule has 0 bridgehead atoms. The van der Waals surface area contributed by atoms with Crippen LogP contribution < -0.4 is 20.7 Å². The van der Waals surface area contributed by atoms with Crippen LogP contribution in [0.3, 0.4) is 0 Å². The molecule has 0 spiro atoms. The van der Waals surface area contributed by atoms with E-state index in [1.807, 2.05) is 36.4 Å². The first kappa shape index (κ1) is 32.6. The molecule has 0 saturated heterocycles. The Morgan fingerprint density at radius 2 is 1.62 bits per heavy atom. The van der Waals surface area contributed by atoms with Crippen molar-refractivity contribution in [1.29, 1.82) is 0 Å². The van der Waals surface area contributed by atoms with E-state index >= 15 is 0 Å². The number of methoxy groups -OCH3 is 1. The summed E-state index contributed by atoms with van der Waals surface area (Å²) in [6.07, 6.45) is 2.57. The van der Waals surface area contributed by atoms with Crippen molar-refractivity contribution in [3.05, 3.63) is 87.2 Å². The molecule has 1 heterocycles. The first-order valence-corrected chi connectivity index (χ1v) is 15.3. The second-order valence-corrected chi connectivity index (χ2v) is 13.9. The van der Waals surface area contributed by atoms with Gasteiger partial charge in [0.25, 0.3) is 5.56 Å². The van der Waals surface area contributed by atoms with Gasteiger partial charge in [0.15, 0.2) is 0 Å². The monoisotopic (exact) mass is 597 g/mol. The van der Waals surface area contributed by atoms with Crippen LogP contribution in [0, 0.1) is 0 Å². The molecule has 0 saturated carbocycles. The van der Waals surface area contributed by atoms with Gasteiger partial charge in [-0.3, -0.25) is 19.1 Å². The van der Waals surface area contributed by atoms with Crippen LogP contribution in [-0.2, 0) is 15.4 Å². The summed E-state index contributed by atoms with van der Waals surface area (Å²) in [5.74, 6) is 0.688. The van der Waals surface area contributed by atoms with Gasteiger partial charge in [0.1, 0.15) is 12.3 Å². The van der Waals surface area contributed by atoms with E-state index in [1.165, 1.54) is 16.8 Å². The van der Waals surface area contributed by atoms with Crippen LogP contribution in [0.1, 0.15) is 26.3 Å². The van der Waals surface area contributed by atoms with E-state index in [2.05, 4.69) is 51.6 Å². The molecule has 0 atom stereocenters. The Morgan fingerprint density at radius 1 is 0.976 bits per heavy atom. The first-order chi connectivity index (χ1) is 19.4. The number of nitrogens with zero attached hydrogens (tertiary/aromatic N) is 2. The van der Waals surface area contributed by atoms with Gasteiger partial charge in [-0.05, 0) is 52.1 Å². The van der Waals surface area contributed by atoms with Crippen molar-refractivity contribution in [2.75, 3.05) is 52.4 Å². The molecule has 0 aliphatic heterocycles. The zero-order valence-corrected chi connectivity index (χ0v) is 26.3. The van der Waals surface area contributed by atoms with E-state index in [9.17, 15) is 18.0 Å². The van der Waals surface area contributed by atoms with Crippen LogP contribution in [0.2, 0.25) is 0 Å². The zero-order chi connectivity index (χ0) is 31.5. The van der Waals surface area contributed by atoms with Crippen molar-refractivity contribution in [1.82, 2.24) is 9.55 Å². The zero-order valence-electron chi connectivity index (χ0n) is 25.5. The van der Waals surface area contributed by atoms with E-state index < -0.39 is 21.3 Å². The fraction of sp³-hybridized carbons (Fsp3) is 0.355. The molecule has 0 unspecified atom stereocenters. The maximum Gasteiger partial charge on any atom is 0.332 e. The topological polar surface area (TPSA) is 130 Å². The number of aliphatic hydroxyl groups is 1. The highest BCUT2D eigenvalue weighted by atomic mass is 32.2. The number of sulfonamides is 1. The number of hydrogen-bond donors (Lipinski definition) is 3. The van der Waals surface area contributed by atoms with Crippen LogP contribution in [-0.4, -0.2) is 75.2 Å². The molecule has 1 aromatic heterocycles. The lowest BCUT2D eigenvalue weighted by Crippen LogP contribution is -2.36.